The van der Waals surface area contributed by atoms with Crippen LogP contribution in [0.25, 0.3) is 22.9 Å². The highest BCUT2D eigenvalue weighted by atomic mass is 16.5. The number of anilines is 3. The van der Waals surface area contributed by atoms with Crippen molar-refractivity contribution in [3.63, 3.8) is 0 Å². The molecule has 4 aliphatic carbocycles. The SMILES string of the molecule is CC1(C)c2cc(/C=C/c3ccc4cc(N5C6=C(C=CC7=C5CCC=C7)CCC=C6)ccc4c3)ccc2C2C=CC(N3c4ccccc4Oc4ccccc43)=CC21. The molecular formula is C53H44N2O. The Labute approximate surface area is 329 Å². The molecule has 6 aliphatic rings. The molecule has 0 bridgehead atoms. The minimum Gasteiger partial charge on any atom is -0.453 e. The quantitative estimate of drug-likeness (QED) is 0.172. The molecule has 2 aliphatic heterocycles. The van der Waals surface area contributed by atoms with Crippen molar-refractivity contribution in [1.29, 1.82) is 0 Å². The molecule has 0 amide bonds. The first kappa shape index (κ1) is 33.1. The predicted molar refractivity (Wildman–Crippen MR) is 233 cm³/mol. The zero-order valence-corrected chi connectivity index (χ0v) is 32.0. The van der Waals surface area contributed by atoms with E-state index in [1.165, 1.54) is 67.0 Å². The minimum absolute atomic E-state index is 0.0375. The highest BCUT2D eigenvalue weighted by molar-refractivity contribution is 5.90. The molecule has 56 heavy (non-hydrogen) atoms. The smallest absolute Gasteiger partial charge is 0.151 e. The molecule has 3 nitrogen and oxygen atoms in total. The van der Waals surface area contributed by atoms with Crippen LogP contribution in [-0.4, -0.2) is 0 Å². The predicted octanol–water partition coefficient (Wildman–Crippen LogP) is 14.0. The summed E-state index contributed by atoms with van der Waals surface area (Å²) in [4.78, 5) is 4.89. The van der Waals surface area contributed by atoms with E-state index >= 15 is 0 Å². The van der Waals surface area contributed by atoms with Crippen LogP contribution in [0.1, 0.15) is 67.7 Å². The minimum atomic E-state index is -0.0375. The zero-order chi connectivity index (χ0) is 37.4. The van der Waals surface area contributed by atoms with E-state index in [4.69, 9.17) is 4.74 Å². The van der Waals surface area contributed by atoms with Crippen molar-refractivity contribution in [2.24, 2.45) is 5.92 Å². The van der Waals surface area contributed by atoms with Crippen LogP contribution >= 0.6 is 0 Å². The molecule has 0 fully saturated rings. The average Bonchev–Trinajstić information content (AvgIpc) is 3.34. The Morgan fingerprint density at radius 3 is 2.21 bits per heavy atom. The standard InChI is InChI=1S/C53H44N2O/c1-53(2)45-32-36(22-29-43(45)44-30-28-42(34-46(44)53)55-49-15-7-9-17-51(49)56-52-18-10-8-16-50(52)55)20-19-35-21-23-40-33-41(27-26-39(40)31-35)54-47-13-5-3-11-37(47)24-25-38-12-4-6-14-48(38)54/h3,6-11,14-34,44,46H,4-5,12-13H2,1-2H3/b20-19+. The van der Waals surface area contributed by atoms with Crippen LogP contribution in [-0.2, 0) is 5.41 Å². The summed E-state index contributed by atoms with van der Waals surface area (Å²) in [6.07, 6.45) is 30.1. The summed E-state index contributed by atoms with van der Waals surface area (Å²) in [6.45, 7) is 4.84. The van der Waals surface area contributed by atoms with E-state index in [0.717, 1.165) is 48.6 Å². The number of hydrogen-bond donors (Lipinski definition) is 0. The molecule has 0 saturated heterocycles. The summed E-state index contributed by atoms with van der Waals surface area (Å²) in [5.74, 6) is 2.45. The van der Waals surface area contributed by atoms with E-state index in [0.29, 0.717) is 11.8 Å². The van der Waals surface area contributed by atoms with Crippen molar-refractivity contribution in [3.8, 4) is 11.5 Å². The maximum absolute atomic E-state index is 6.32. The molecule has 5 aromatic carbocycles. The molecule has 3 heteroatoms. The Balaban J connectivity index is 0.874. The van der Waals surface area contributed by atoms with E-state index in [9.17, 15) is 0 Å². The fraction of sp³-hybridized carbons (Fsp3) is 0.170. The second-order valence-electron chi connectivity index (χ2n) is 16.4. The topological polar surface area (TPSA) is 15.7 Å². The molecule has 0 spiro atoms. The summed E-state index contributed by atoms with van der Waals surface area (Å²) in [6, 6.07) is 37.7. The van der Waals surface area contributed by atoms with Gasteiger partial charge in [-0.2, -0.15) is 0 Å². The van der Waals surface area contributed by atoms with Crippen LogP contribution < -0.4 is 14.5 Å². The monoisotopic (exact) mass is 724 g/mol. The molecule has 5 aromatic rings. The molecule has 2 heterocycles. The number of hydrogen-bond acceptors (Lipinski definition) is 3. The van der Waals surface area contributed by atoms with Gasteiger partial charge in [-0.25, -0.2) is 0 Å². The third kappa shape index (κ3) is 5.33. The third-order valence-corrected chi connectivity index (χ3v) is 12.8. The van der Waals surface area contributed by atoms with Gasteiger partial charge in [0, 0.05) is 28.7 Å². The molecule has 11 rings (SSSR count). The second-order valence-corrected chi connectivity index (χ2v) is 16.4. The van der Waals surface area contributed by atoms with E-state index in [1.807, 2.05) is 12.1 Å². The van der Waals surface area contributed by atoms with Crippen molar-refractivity contribution >= 4 is 40.0 Å². The summed E-state index contributed by atoms with van der Waals surface area (Å²) in [5.41, 5.74) is 15.3. The van der Waals surface area contributed by atoms with Gasteiger partial charge in [0.25, 0.3) is 0 Å². The van der Waals surface area contributed by atoms with Gasteiger partial charge < -0.3 is 14.5 Å². The molecule has 272 valence electrons. The highest BCUT2D eigenvalue weighted by Crippen LogP contribution is 2.56. The van der Waals surface area contributed by atoms with Gasteiger partial charge in [-0.15, -0.1) is 0 Å². The Morgan fingerprint density at radius 2 is 1.38 bits per heavy atom. The van der Waals surface area contributed by atoms with Crippen LogP contribution in [0.3, 0.4) is 0 Å². The Kier molecular flexibility index (Phi) is 7.60. The lowest BCUT2D eigenvalue weighted by Crippen LogP contribution is -2.28. The lowest BCUT2D eigenvalue weighted by molar-refractivity contribution is 0.392. The Bertz CT molecular complexity index is 2680. The van der Waals surface area contributed by atoms with Gasteiger partial charge in [0.15, 0.2) is 11.5 Å². The number of allylic oxidation sites excluding steroid dienone is 12. The number of fused-ring (bicyclic) bond motifs is 6. The zero-order valence-electron chi connectivity index (χ0n) is 32.0. The van der Waals surface area contributed by atoms with Gasteiger partial charge >= 0.3 is 0 Å². The molecular weight excluding hydrogens is 681 g/mol. The fourth-order valence-corrected chi connectivity index (χ4v) is 9.89. The lowest BCUT2D eigenvalue weighted by Gasteiger charge is -2.37. The fourth-order valence-electron chi connectivity index (χ4n) is 9.89. The van der Waals surface area contributed by atoms with Crippen molar-refractivity contribution < 1.29 is 4.74 Å². The van der Waals surface area contributed by atoms with Crippen LogP contribution in [0.5, 0.6) is 11.5 Å². The van der Waals surface area contributed by atoms with Crippen LogP contribution in [0.4, 0.5) is 17.1 Å². The lowest BCUT2D eigenvalue weighted by atomic mass is 9.74. The number of ether oxygens (including phenoxy) is 1. The van der Waals surface area contributed by atoms with Crippen LogP contribution in [0, 0.1) is 5.92 Å². The number of nitrogens with zero attached hydrogens (tertiary/aromatic N) is 2. The van der Waals surface area contributed by atoms with Gasteiger partial charge in [-0.05, 0) is 136 Å². The van der Waals surface area contributed by atoms with Crippen LogP contribution in [0.2, 0.25) is 0 Å². The van der Waals surface area contributed by atoms with Gasteiger partial charge in [0.05, 0.1) is 11.4 Å². The Morgan fingerprint density at radius 1 is 0.661 bits per heavy atom. The summed E-state index contributed by atoms with van der Waals surface area (Å²) >= 11 is 0. The van der Waals surface area contributed by atoms with Gasteiger partial charge in [-0.3, -0.25) is 0 Å². The Hall–Kier alpha value is -6.32. The first-order valence-electron chi connectivity index (χ1n) is 20.2. The molecule has 0 aromatic heterocycles. The molecule has 0 radical (unpaired) electrons. The third-order valence-electron chi connectivity index (χ3n) is 12.8. The summed E-state index contributed by atoms with van der Waals surface area (Å²) in [5, 5.41) is 2.52. The number of benzene rings is 5. The number of para-hydroxylation sites is 4. The molecule has 0 saturated carbocycles. The van der Waals surface area contributed by atoms with Gasteiger partial charge in [0.1, 0.15) is 0 Å². The molecule has 2 atom stereocenters. The molecule has 0 N–H and O–H groups in total. The highest BCUT2D eigenvalue weighted by Gasteiger charge is 2.46. The van der Waals surface area contributed by atoms with Crippen molar-refractivity contribution in [1.82, 2.24) is 0 Å². The summed E-state index contributed by atoms with van der Waals surface area (Å²) in [7, 11) is 0. The van der Waals surface area contributed by atoms with Crippen molar-refractivity contribution in [2.45, 2.75) is 50.9 Å². The van der Waals surface area contributed by atoms with Crippen molar-refractivity contribution in [2.75, 3.05) is 9.80 Å². The van der Waals surface area contributed by atoms with E-state index < -0.39 is 0 Å². The first-order valence-corrected chi connectivity index (χ1v) is 20.2. The van der Waals surface area contributed by atoms with Crippen LogP contribution in [0.15, 0.2) is 186 Å². The normalized spacial score (nSPS) is 21.3. The van der Waals surface area contributed by atoms with Gasteiger partial charge in [-0.1, -0.05) is 129 Å². The maximum Gasteiger partial charge on any atom is 0.151 e. The van der Waals surface area contributed by atoms with Crippen molar-refractivity contribution in [3.05, 3.63) is 208 Å². The van der Waals surface area contributed by atoms with E-state index in [2.05, 4.69) is 181 Å². The van der Waals surface area contributed by atoms with Gasteiger partial charge in [0.2, 0.25) is 0 Å². The maximum atomic E-state index is 6.32. The van der Waals surface area contributed by atoms with E-state index in [1.54, 1.807) is 0 Å². The first-order chi connectivity index (χ1) is 27.5. The second kappa shape index (κ2) is 12.9. The summed E-state index contributed by atoms with van der Waals surface area (Å²) < 4.78 is 6.32. The largest absolute Gasteiger partial charge is 0.453 e. The van der Waals surface area contributed by atoms with E-state index in [-0.39, 0.29) is 5.41 Å². The average molecular weight is 725 g/mol. The molecule has 2 unspecified atom stereocenters. The number of rotatable bonds is 4.